The monoisotopic (exact) mass is 483 g/mol. The van der Waals surface area contributed by atoms with Gasteiger partial charge in [0.25, 0.3) is 21.8 Å². The van der Waals surface area contributed by atoms with Gasteiger partial charge in [-0.25, -0.2) is 12.8 Å². The molecule has 0 aromatic heterocycles. The van der Waals surface area contributed by atoms with Gasteiger partial charge >= 0.3 is 0 Å². The van der Waals surface area contributed by atoms with E-state index in [1.54, 1.807) is 25.1 Å². The molecular formula is C25H26FN3O4S. The summed E-state index contributed by atoms with van der Waals surface area (Å²) in [5, 5.41) is 5.28. The number of sulfonamides is 1. The summed E-state index contributed by atoms with van der Waals surface area (Å²) in [7, 11) is -3.75. The molecule has 0 saturated heterocycles. The second-order valence-electron chi connectivity index (χ2n) is 7.90. The fraction of sp³-hybridized carbons (Fsp3) is 0.200. The van der Waals surface area contributed by atoms with E-state index in [0.717, 1.165) is 11.1 Å². The van der Waals surface area contributed by atoms with Crippen molar-refractivity contribution in [3.63, 3.8) is 0 Å². The molecule has 34 heavy (non-hydrogen) atoms. The maximum Gasteiger partial charge on any atom is 0.261 e. The molecule has 0 spiro atoms. The highest BCUT2D eigenvalue weighted by Crippen LogP contribution is 2.19. The van der Waals surface area contributed by atoms with Crippen LogP contribution in [0.1, 0.15) is 37.4 Å². The second kappa shape index (κ2) is 10.5. The Balaban J connectivity index is 1.51. The van der Waals surface area contributed by atoms with Gasteiger partial charge in [-0.3, -0.25) is 14.3 Å². The number of halogens is 1. The van der Waals surface area contributed by atoms with Gasteiger partial charge in [0, 0.05) is 29.9 Å². The number of benzene rings is 3. The Hall–Kier alpha value is -3.72. The highest BCUT2D eigenvalue weighted by molar-refractivity contribution is 7.92. The van der Waals surface area contributed by atoms with Gasteiger partial charge < -0.3 is 10.6 Å². The molecule has 3 aromatic rings. The molecule has 0 heterocycles. The summed E-state index contributed by atoms with van der Waals surface area (Å²) in [6.45, 7) is 5.69. The van der Waals surface area contributed by atoms with E-state index in [-0.39, 0.29) is 29.5 Å². The minimum absolute atomic E-state index is 0.160. The Morgan fingerprint density at radius 1 is 0.735 bits per heavy atom. The Morgan fingerprint density at radius 3 is 1.88 bits per heavy atom. The summed E-state index contributed by atoms with van der Waals surface area (Å²) < 4.78 is 41.3. The van der Waals surface area contributed by atoms with Crippen LogP contribution in [-0.2, 0) is 10.0 Å². The van der Waals surface area contributed by atoms with E-state index in [2.05, 4.69) is 15.4 Å². The van der Waals surface area contributed by atoms with Crippen LogP contribution >= 0.6 is 0 Å². The van der Waals surface area contributed by atoms with E-state index >= 15 is 0 Å². The average molecular weight is 484 g/mol. The summed E-state index contributed by atoms with van der Waals surface area (Å²) in [6.07, 6.45) is 0. The summed E-state index contributed by atoms with van der Waals surface area (Å²) in [5.41, 5.74) is 3.18. The van der Waals surface area contributed by atoms with E-state index < -0.39 is 21.7 Å². The van der Waals surface area contributed by atoms with Crippen molar-refractivity contribution in [2.45, 2.75) is 25.7 Å². The summed E-state index contributed by atoms with van der Waals surface area (Å²) in [6, 6.07) is 15.1. The van der Waals surface area contributed by atoms with E-state index in [4.69, 9.17) is 0 Å². The Bertz CT molecular complexity index is 1320. The van der Waals surface area contributed by atoms with Gasteiger partial charge in [0.05, 0.1) is 4.90 Å². The van der Waals surface area contributed by atoms with Crippen LogP contribution in [0.4, 0.5) is 10.1 Å². The van der Waals surface area contributed by atoms with Crippen molar-refractivity contribution in [2.24, 2.45) is 0 Å². The number of amides is 2. The minimum atomic E-state index is -3.75. The van der Waals surface area contributed by atoms with Crippen LogP contribution in [0.3, 0.4) is 0 Å². The van der Waals surface area contributed by atoms with Gasteiger partial charge in [-0.15, -0.1) is 0 Å². The largest absolute Gasteiger partial charge is 0.350 e. The summed E-state index contributed by atoms with van der Waals surface area (Å²) >= 11 is 0. The molecule has 0 radical (unpaired) electrons. The van der Waals surface area contributed by atoms with Gasteiger partial charge in [0.2, 0.25) is 0 Å². The SMILES string of the molecule is Cc1ccc(S(=O)(=O)Nc2ccc(C(=O)NCCNC(=O)c3ccc(C)c(F)c3)cc2)cc1C. The van der Waals surface area contributed by atoms with Crippen molar-refractivity contribution in [3.05, 3.63) is 94.3 Å². The highest BCUT2D eigenvalue weighted by Gasteiger charge is 2.15. The van der Waals surface area contributed by atoms with Crippen LogP contribution in [0.5, 0.6) is 0 Å². The van der Waals surface area contributed by atoms with E-state index in [1.165, 1.54) is 42.5 Å². The van der Waals surface area contributed by atoms with Crippen molar-refractivity contribution < 1.29 is 22.4 Å². The molecule has 178 valence electrons. The average Bonchev–Trinajstić information content (AvgIpc) is 2.80. The molecule has 3 rings (SSSR count). The maximum absolute atomic E-state index is 13.6. The zero-order chi connectivity index (χ0) is 24.9. The van der Waals surface area contributed by atoms with Crippen LogP contribution in [0, 0.1) is 26.6 Å². The Kier molecular flexibility index (Phi) is 7.68. The molecule has 2 amide bonds. The lowest BCUT2D eigenvalue weighted by atomic mass is 10.1. The number of rotatable bonds is 8. The number of hydrogen-bond acceptors (Lipinski definition) is 4. The standard InChI is InChI=1S/C25H26FN3O4S/c1-16-5-11-22(14-18(16)3)34(32,33)29-21-9-7-19(8-10-21)24(30)27-12-13-28-25(31)20-6-4-17(2)23(26)15-20/h4-11,14-15,29H,12-13H2,1-3H3,(H,27,30)(H,28,31). The second-order valence-corrected chi connectivity index (χ2v) is 9.59. The van der Waals surface area contributed by atoms with E-state index in [0.29, 0.717) is 16.8 Å². The summed E-state index contributed by atoms with van der Waals surface area (Å²) in [5.74, 6) is -1.27. The van der Waals surface area contributed by atoms with Crippen LogP contribution in [0.15, 0.2) is 65.6 Å². The third-order valence-electron chi connectivity index (χ3n) is 5.32. The molecule has 0 fully saturated rings. The number of carbonyl (C=O) groups is 2. The molecule has 0 aliphatic carbocycles. The summed E-state index contributed by atoms with van der Waals surface area (Å²) in [4.78, 5) is 24.5. The Labute approximate surface area is 198 Å². The number of nitrogens with one attached hydrogen (secondary N) is 3. The molecule has 0 bridgehead atoms. The van der Waals surface area contributed by atoms with Crippen molar-refractivity contribution >= 4 is 27.5 Å². The van der Waals surface area contributed by atoms with Crippen molar-refractivity contribution in [1.29, 1.82) is 0 Å². The Morgan fingerprint density at radius 2 is 1.29 bits per heavy atom. The van der Waals surface area contributed by atoms with Crippen LogP contribution in [0.25, 0.3) is 0 Å². The lowest BCUT2D eigenvalue weighted by Crippen LogP contribution is -2.34. The zero-order valence-corrected chi connectivity index (χ0v) is 19.9. The lowest BCUT2D eigenvalue weighted by molar-refractivity contribution is 0.0927. The number of hydrogen-bond donors (Lipinski definition) is 3. The number of aryl methyl sites for hydroxylation is 3. The number of carbonyl (C=O) groups excluding carboxylic acids is 2. The van der Waals surface area contributed by atoms with E-state index in [9.17, 15) is 22.4 Å². The molecule has 9 heteroatoms. The van der Waals surface area contributed by atoms with Gasteiger partial charge in [-0.2, -0.15) is 0 Å². The zero-order valence-electron chi connectivity index (χ0n) is 19.1. The normalized spacial score (nSPS) is 11.1. The first-order chi connectivity index (χ1) is 16.1. The molecule has 0 atom stereocenters. The molecule has 3 aromatic carbocycles. The topological polar surface area (TPSA) is 104 Å². The quantitative estimate of drug-likeness (QED) is 0.425. The molecule has 0 unspecified atom stereocenters. The molecule has 0 aliphatic rings. The third kappa shape index (κ3) is 6.20. The van der Waals surface area contributed by atoms with Crippen molar-refractivity contribution in [1.82, 2.24) is 10.6 Å². The first-order valence-electron chi connectivity index (χ1n) is 10.6. The van der Waals surface area contributed by atoms with Crippen LogP contribution in [-0.4, -0.2) is 33.3 Å². The smallest absolute Gasteiger partial charge is 0.261 e. The fourth-order valence-corrected chi connectivity index (χ4v) is 4.22. The predicted molar refractivity (Wildman–Crippen MR) is 129 cm³/mol. The molecule has 0 aliphatic heterocycles. The predicted octanol–water partition coefficient (Wildman–Crippen LogP) is 3.71. The van der Waals surface area contributed by atoms with Gasteiger partial charge in [-0.05, 0) is 86.0 Å². The lowest BCUT2D eigenvalue weighted by Gasteiger charge is -2.11. The molecule has 0 saturated carbocycles. The van der Waals surface area contributed by atoms with Crippen molar-refractivity contribution in [3.8, 4) is 0 Å². The minimum Gasteiger partial charge on any atom is -0.350 e. The van der Waals surface area contributed by atoms with Gasteiger partial charge in [-0.1, -0.05) is 12.1 Å². The first kappa shape index (κ1) is 24.9. The molecule has 3 N–H and O–H groups in total. The fourth-order valence-electron chi connectivity index (χ4n) is 3.08. The number of anilines is 1. The maximum atomic E-state index is 13.6. The van der Waals surface area contributed by atoms with Gasteiger partial charge in [0.15, 0.2) is 0 Å². The van der Waals surface area contributed by atoms with Crippen molar-refractivity contribution in [2.75, 3.05) is 17.8 Å². The van der Waals surface area contributed by atoms with Crippen LogP contribution < -0.4 is 15.4 Å². The molecule has 7 nitrogen and oxygen atoms in total. The first-order valence-corrected chi connectivity index (χ1v) is 12.1. The third-order valence-corrected chi connectivity index (χ3v) is 6.70. The highest BCUT2D eigenvalue weighted by atomic mass is 32.2. The molecular weight excluding hydrogens is 457 g/mol. The van der Waals surface area contributed by atoms with Crippen LogP contribution in [0.2, 0.25) is 0 Å². The van der Waals surface area contributed by atoms with E-state index in [1.807, 2.05) is 13.8 Å². The van der Waals surface area contributed by atoms with Gasteiger partial charge in [0.1, 0.15) is 5.82 Å².